The summed E-state index contributed by atoms with van der Waals surface area (Å²) in [6.45, 7) is 0. The van der Waals surface area contributed by atoms with Crippen LogP contribution in [0.4, 0.5) is 0 Å². The summed E-state index contributed by atoms with van der Waals surface area (Å²) in [7, 11) is -7.74. The molecular formula is C36H31N2O6P3+2. The minimum absolute atomic E-state index is 0.511. The van der Waals surface area contributed by atoms with Crippen LogP contribution < -0.4 is 32.0 Å². The van der Waals surface area contributed by atoms with Crippen molar-refractivity contribution in [3.05, 3.63) is 182 Å². The highest BCUT2D eigenvalue weighted by Crippen LogP contribution is 2.66. The van der Waals surface area contributed by atoms with Crippen LogP contribution in [-0.4, -0.2) is 0 Å². The summed E-state index contributed by atoms with van der Waals surface area (Å²) in [5, 5.41) is 0. The van der Waals surface area contributed by atoms with E-state index in [4.69, 9.17) is 31.7 Å². The molecule has 0 radical (unpaired) electrons. The van der Waals surface area contributed by atoms with E-state index in [0.717, 1.165) is 0 Å². The minimum Gasteiger partial charge on any atom is -0.425 e. The molecule has 6 aromatic rings. The molecule has 0 amide bonds. The summed E-state index contributed by atoms with van der Waals surface area (Å²) < 4.78 is 44.3. The van der Waals surface area contributed by atoms with Gasteiger partial charge in [0, 0.05) is 0 Å². The molecule has 8 nitrogen and oxygen atoms in total. The molecule has 47 heavy (non-hydrogen) atoms. The average Bonchev–Trinajstić information content (AvgIpc) is 3.11. The molecule has 6 aromatic carbocycles. The maximum Gasteiger partial charge on any atom is 0.715 e. The first-order valence-corrected chi connectivity index (χ1v) is 18.5. The fourth-order valence-electron chi connectivity index (χ4n) is 3.98. The van der Waals surface area contributed by atoms with Crippen LogP contribution in [-0.2, 0) is 0 Å². The second-order valence-electron chi connectivity index (χ2n) is 9.63. The smallest absolute Gasteiger partial charge is 0.425 e. The molecule has 6 rings (SSSR count). The Labute approximate surface area is 277 Å². The zero-order valence-electron chi connectivity index (χ0n) is 25.1. The Kier molecular flexibility index (Phi) is 11.3. The van der Waals surface area contributed by atoms with Crippen LogP contribution in [0.2, 0.25) is 0 Å². The van der Waals surface area contributed by atoms with Crippen molar-refractivity contribution in [2.75, 3.05) is 0 Å². The van der Waals surface area contributed by atoms with Crippen molar-refractivity contribution in [2.24, 2.45) is 4.52 Å². The van der Waals surface area contributed by atoms with Crippen molar-refractivity contribution >= 4 is 24.7 Å². The molecule has 0 bridgehead atoms. The quantitative estimate of drug-likeness (QED) is 0.108. The van der Waals surface area contributed by atoms with E-state index in [1.54, 1.807) is 0 Å². The Morgan fingerprint density at radius 2 is 0.702 bits per heavy atom. The zero-order valence-corrected chi connectivity index (χ0v) is 27.7. The van der Waals surface area contributed by atoms with Crippen molar-refractivity contribution in [3.8, 4) is 34.5 Å². The van der Waals surface area contributed by atoms with E-state index in [1.165, 1.54) is 0 Å². The Bertz CT molecular complexity index is 1680. The molecule has 1 N–H and O–H groups in total. The topological polar surface area (TPSA) is 79.8 Å². The summed E-state index contributed by atoms with van der Waals surface area (Å²) in [6, 6.07) is 56.1. The van der Waals surface area contributed by atoms with Gasteiger partial charge in [-0.05, 0) is 77.7 Å². The first-order chi connectivity index (χ1) is 23.2. The third-order valence-electron chi connectivity index (χ3n) is 6.06. The first-order valence-electron chi connectivity index (χ1n) is 14.6. The van der Waals surface area contributed by atoms with Crippen LogP contribution in [0.3, 0.4) is 0 Å². The summed E-state index contributed by atoms with van der Waals surface area (Å²) in [5.74, 6) is 3.33. The summed E-state index contributed by atoms with van der Waals surface area (Å²) in [6.07, 6.45) is 0. The normalized spacial score (nSPS) is 10.8. The fraction of sp³-hybridized carbons (Fsp3) is 0. The Balaban J connectivity index is 1.48. The molecule has 0 unspecified atom stereocenters. The van der Waals surface area contributed by atoms with Crippen LogP contribution in [0.1, 0.15) is 0 Å². The maximum atomic E-state index is 6.74. The van der Waals surface area contributed by atoms with E-state index in [0.29, 0.717) is 34.5 Å². The van der Waals surface area contributed by atoms with Gasteiger partial charge in [-0.25, -0.2) is 9.05 Å². The number of benzene rings is 6. The van der Waals surface area contributed by atoms with E-state index < -0.39 is 24.7 Å². The molecule has 234 valence electrons. The predicted octanol–water partition coefficient (Wildman–Crippen LogP) is 11.4. The van der Waals surface area contributed by atoms with E-state index in [-0.39, 0.29) is 0 Å². The molecule has 11 heteroatoms. The van der Waals surface area contributed by atoms with Gasteiger partial charge in [0.25, 0.3) is 0 Å². The second-order valence-corrected chi connectivity index (χ2v) is 14.3. The van der Waals surface area contributed by atoms with E-state index >= 15 is 0 Å². The largest absolute Gasteiger partial charge is 0.715 e. The van der Waals surface area contributed by atoms with Crippen molar-refractivity contribution in [1.82, 2.24) is 4.86 Å². The van der Waals surface area contributed by atoms with Crippen molar-refractivity contribution in [2.45, 2.75) is 0 Å². The minimum atomic E-state index is -3.67. The fourth-order valence-corrected chi connectivity index (χ4v) is 9.48. The number of nitrogens with one attached hydrogen (secondary N) is 1. The van der Waals surface area contributed by atoms with E-state index in [1.807, 2.05) is 182 Å². The molecule has 0 atom stereocenters. The van der Waals surface area contributed by atoms with Crippen molar-refractivity contribution in [1.29, 1.82) is 0 Å². The third kappa shape index (κ3) is 10.0. The van der Waals surface area contributed by atoms with Gasteiger partial charge in [-0.3, -0.25) is 9.05 Å². The monoisotopic (exact) mass is 680 g/mol. The van der Waals surface area contributed by atoms with Gasteiger partial charge in [0.05, 0.1) is 0 Å². The SMILES string of the molecule is c1ccc(OP(N[P+](N=[P+](Oc2ccccc2)Oc2ccccc2)(Oc2ccccc2)Oc2ccccc2)Oc2ccccc2)cc1. The second kappa shape index (κ2) is 16.6. The molecule has 0 aliphatic carbocycles. The van der Waals surface area contributed by atoms with Gasteiger partial charge in [0.15, 0.2) is 23.0 Å². The highest BCUT2D eigenvalue weighted by Gasteiger charge is 2.60. The number of hydrogen-bond donors (Lipinski definition) is 1. The van der Waals surface area contributed by atoms with Crippen LogP contribution in [0.5, 0.6) is 34.5 Å². The average molecular weight is 681 g/mol. The molecular weight excluding hydrogens is 649 g/mol. The zero-order chi connectivity index (χ0) is 32.0. The molecule has 0 saturated heterocycles. The Morgan fingerprint density at radius 3 is 1.04 bits per heavy atom. The van der Waals surface area contributed by atoms with Gasteiger partial charge in [0.1, 0.15) is 11.5 Å². The van der Waals surface area contributed by atoms with Gasteiger partial charge in [-0.1, -0.05) is 109 Å². The lowest BCUT2D eigenvalue weighted by Crippen LogP contribution is -2.23. The Hall–Kier alpha value is -4.96. The lowest BCUT2D eigenvalue weighted by Gasteiger charge is -2.22. The van der Waals surface area contributed by atoms with Crippen LogP contribution >= 0.6 is 24.7 Å². The number of nitrogens with zero attached hydrogens (tertiary/aromatic N) is 1. The van der Waals surface area contributed by atoms with Crippen molar-refractivity contribution in [3.63, 3.8) is 0 Å². The standard InChI is InChI=1S/C36H31N2O6P3/c1-7-19-31(20-8-1)39-45(40-32-21-9-2-10-22-32)37-47(43-35-27-15-5-16-28-35,44-36-29-17-6-18-30-36)38-46(41-33-23-11-3-12-24-33)42-34-25-13-4-14-26-34/h1-30,37H/q+2. The summed E-state index contributed by atoms with van der Waals surface area (Å²) in [4.78, 5) is 3.44. The molecule has 0 aliphatic heterocycles. The molecule has 0 saturated carbocycles. The van der Waals surface area contributed by atoms with E-state index in [9.17, 15) is 0 Å². The van der Waals surface area contributed by atoms with Gasteiger partial charge in [0.2, 0.25) is 4.52 Å². The molecule has 0 aromatic heterocycles. The molecule has 0 fully saturated rings. The lowest BCUT2D eigenvalue weighted by molar-refractivity contribution is 0.438. The van der Waals surface area contributed by atoms with Gasteiger partial charge in [-0.2, -0.15) is 0 Å². The van der Waals surface area contributed by atoms with Gasteiger partial charge >= 0.3 is 24.7 Å². The van der Waals surface area contributed by atoms with Gasteiger partial charge < -0.3 is 9.05 Å². The Morgan fingerprint density at radius 1 is 0.404 bits per heavy atom. The van der Waals surface area contributed by atoms with Crippen LogP contribution in [0, 0.1) is 0 Å². The number of para-hydroxylation sites is 6. The third-order valence-corrected chi connectivity index (χ3v) is 11.7. The van der Waals surface area contributed by atoms with Crippen LogP contribution in [0.25, 0.3) is 0 Å². The molecule has 0 spiro atoms. The predicted molar refractivity (Wildman–Crippen MR) is 189 cm³/mol. The first kappa shape index (κ1) is 32.0. The number of rotatable bonds is 15. The number of hydrogen-bond acceptors (Lipinski definition) is 8. The molecule has 0 heterocycles. The lowest BCUT2D eigenvalue weighted by atomic mass is 10.3. The van der Waals surface area contributed by atoms with Crippen LogP contribution in [0.15, 0.2) is 187 Å². The maximum absolute atomic E-state index is 6.74. The van der Waals surface area contributed by atoms with Crippen molar-refractivity contribution < 1.29 is 27.1 Å². The highest BCUT2D eigenvalue weighted by molar-refractivity contribution is 7.75. The summed E-state index contributed by atoms with van der Waals surface area (Å²) >= 11 is 0. The van der Waals surface area contributed by atoms with Gasteiger partial charge in [-0.15, -0.1) is 0 Å². The highest BCUT2D eigenvalue weighted by atomic mass is 31.3. The van der Waals surface area contributed by atoms with E-state index in [2.05, 4.69) is 4.86 Å². The molecule has 0 aliphatic rings. The summed E-state index contributed by atoms with van der Waals surface area (Å²) in [5.41, 5.74) is 0.